The Morgan fingerprint density at radius 2 is 1.72 bits per heavy atom. The van der Waals surface area contributed by atoms with E-state index in [0.29, 0.717) is 5.65 Å². The Morgan fingerprint density at radius 1 is 1.11 bits per heavy atom. The van der Waals surface area contributed by atoms with Gasteiger partial charge in [0.05, 0.1) is 0 Å². The lowest BCUT2D eigenvalue weighted by molar-refractivity contribution is -0.140. The topological polar surface area (TPSA) is 17.3 Å². The molecule has 98 valence electrons. The summed E-state index contributed by atoms with van der Waals surface area (Å²) in [6.07, 6.45) is -1.71. The molecule has 0 bridgehead atoms. The fourth-order valence-corrected chi connectivity index (χ4v) is 1.93. The van der Waals surface area contributed by atoms with Gasteiger partial charge in [0.2, 0.25) is 0 Å². The van der Waals surface area contributed by atoms with Crippen LogP contribution in [0.15, 0.2) is 18.5 Å². The molecule has 2 nitrogen and oxygen atoms in total. The van der Waals surface area contributed by atoms with Crippen molar-refractivity contribution in [1.82, 2.24) is 9.38 Å². The predicted molar refractivity (Wildman–Crippen MR) is 63.6 cm³/mol. The third-order valence-corrected chi connectivity index (χ3v) is 2.79. The molecular weight excluding hydrogens is 241 g/mol. The number of halogens is 3. The minimum atomic E-state index is -4.41. The van der Waals surface area contributed by atoms with Gasteiger partial charge in [-0.1, -0.05) is 26.8 Å². The van der Waals surface area contributed by atoms with E-state index in [1.54, 1.807) is 6.20 Å². The molecule has 0 saturated carbocycles. The van der Waals surface area contributed by atoms with E-state index in [2.05, 4.69) is 4.98 Å². The van der Waals surface area contributed by atoms with Gasteiger partial charge >= 0.3 is 6.18 Å². The molecule has 0 aliphatic carbocycles. The number of nitrogens with zero attached hydrogens (tertiary/aromatic N) is 2. The van der Waals surface area contributed by atoms with E-state index in [-0.39, 0.29) is 5.41 Å². The highest BCUT2D eigenvalue weighted by molar-refractivity contribution is 5.53. The van der Waals surface area contributed by atoms with Crippen molar-refractivity contribution in [3.8, 4) is 0 Å². The van der Waals surface area contributed by atoms with Gasteiger partial charge in [-0.25, -0.2) is 4.98 Å². The average molecular weight is 256 g/mol. The van der Waals surface area contributed by atoms with Crippen molar-refractivity contribution in [3.63, 3.8) is 0 Å². The molecule has 0 atom stereocenters. The normalized spacial score (nSPS) is 13.3. The number of imidazole rings is 1. The molecule has 0 spiro atoms. The van der Waals surface area contributed by atoms with Gasteiger partial charge < -0.3 is 4.40 Å². The molecule has 2 aromatic rings. The highest BCUT2D eigenvalue weighted by Crippen LogP contribution is 2.32. The summed E-state index contributed by atoms with van der Waals surface area (Å²) in [6.45, 7) is 7.75. The third kappa shape index (κ3) is 2.21. The lowest BCUT2D eigenvalue weighted by Crippen LogP contribution is -2.13. The van der Waals surface area contributed by atoms with E-state index < -0.39 is 11.9 Å². The first-order valence-corrected chi connectivity index (χ1v) is 5.66. The molecule has 0 saturated heterocycles. The van der Waals surface area contributed by atoms with Crippen molar-refractivity contribution < 1.29 is 13.2 Å². The Kier molecular flexibility index (Phi) is 2.68. The number of hydrogen-bond donors (Lipinski definition) is 0. The number of hydrogen-bond acceptors (Lipinski definition) is 1. The lowest BCUT2D eigenvalue weighted by Gasteiger charge is -2.20. The largest absolute Gasteiger partial charge is 0.434 e. The van der Waals surface area contributed by atoms with Gasteiger partial charge in [0.25, 0.3) is 0 Å². The van der Waals surface area contributed by atoms with Crippen LogP contribution in [0, 0.1) is 6.92 Å². The number of fused-ring (bicyclic) bond motifs is 1. The van der Waals surface area contributed by atoms with Crippen LogP contribution in [0.2, 0.25) is 0 Å². The van der Waals surface area contributed by atoms with Crippen LogP contribution in [0.25, 0.3) is 5.65 Å². The quantitative estimate of drug-likeness (QED) is 0.697. The first-order valence-electron chi connectivity index (χ1n) is 5.66. The Hall–Kier alpha value is -1.52. The molecule has 0 unspecified atom stereocenters. The summed E-state index contributed by atoms with van der Waals surface area (Å²) in [5.41, 5.74) is 1.01. The van der Waals surface area contributed by atoms with Gasteiger partial charge in [-0.05, 0) is 17.9 Å². The van der Waals surface area contributed by atoms with E-state index in [1.807, 2.05) is 33.8 Å². The summed E-state index contributed by atoms with van der Waals surface area (Å²) in [7, 11) is 0. The highest BCUT2D eigenvalue weighted by Gasteiger charge is 2.34. The smallest absolute Gasteiger partial charge is 0.306 e. The SMILES string of the molecule is Cc1cc(C(C)(C)C)c2nc(C(F)(F)F)cn2c1. The van der Waals surface area contributed by atoms with Crippen LogP contribution >= 0.6 is 0 Å². The number of pyridine rings is 1. The van der Waals surface area contributed by atoms with Crippen molar-refractivity contribution in [2.24, 2.45) is 0 Å². The number of aryl methyl sites for hydroxylation is 1. The van der Waals surface area contributed by atoms with Crippen LogP contribution in [0.5, 0.6) is 0 Å². The van der Waals surface area contributed by atoms with Crippen LogP contribution in [0.3, 0.4) is 0 Å². The molecular formula is C13H15F3N2. The maximum Gasteiger partial charge on any atom is 0.434 e. The fraction of sp³-hybridized carbons (Fsp3) is 0.462. The van der Waals surface area contributed by atoms with Gasteiger partial charge in [0, 0.05) is 18.0 Å². The summed E-state index contributed by atoms with van der Waals surface area (Å²) >= 11 is 0. The van der Waals surface area contributed by atoms with Gasteiger partial charge in [0.15, 0.2) is 5.69 Å². The van der Waals surface area contributed by atoms with E-state index in [9.17, 15) is 13.2 Å². The fourth-order valence-electron chi connectivity index (χ4n) is 1.93. The van der Waals surface area contributed by atoms with E-state index in [1.165, 1.54) is 4.40 Å². The summed E-state index contributed by atoms with van der Waals surface area (Å²) in [5.74, 6) is 0. The van der Waals surface area contributed by atoms with Crippen LogP contribution < -0.4 is 0 Å². The first kappa shape index (κ1) is 12.9. The van der Waals surface area contributed by atoms with E-state index >= 15 is 0 Å². The Bertz CT molecular complexity index is 589. The van der Waals surface area contributed by atoms with Crippen molar-refractivity contribution in [2.75, 3.05) is 0 Å². The van der Waals surface area contributed by atoms with Crippen molar-refractivity contribution in [2.45, 2.75) is 39.3 Å². The van der Waals surface area contributed by atoms with Crippen LogP contribution in [0.1, 0.15) is 37.6 Å². The van der Waals surface area contributed by atoms with Crippen molar-refractivity contribution in [1.29, 1.82) is 0 Å². The second kappa shape index (κ2) is 3.73. The molecule has 2 aromatic heterocycles. The van der Waals surface area contributed by atoms with Gasteiger partial charge in [0.1, 0.15) is 5.65 Å². The van der Waals surface area contributed by atoms with Crippen LogP contribution in [0.4, 0.5) is 13.2 Å². The zero-order valence-electron chi connectivity index (χ0n) is 10.8. The molecule has 5 heteroatoms. The predicted octanol–water partition coefficient (Wildman–Crippen LogP) is 3.96. The summed E-state index contributed by atoms with van der Waals surface area (Å²) in [6, 6.07) is 1.89. The van der Waals surface area contributed by atoms with E-state index in [0.717, 1.165) is 17.3 Å². The molecule has 0 radical (unpaired) electrons. The van der Waals surface area contributed by atoms with E-state index in [4.69, 9.17) is 0 Å². The lowest BCUT2D eigenvalue weighted by atomic mass is 9.87. The molecule has 0 fully saturated rings. The summed E-state index contributed by atoms with van der Waals surface area (Å²) < 4.78 is 39.5. The van der Waals surface area contributed by atoms with Crippen LogP contribution in [-0.4, -0.2) is 9.38 Å². The summed E-state index contributed by atoms with van der Waals surface area (Å²) in [4.78, 5) is 3.73. The zero-order valence-corrected chi connectivity index (χ0v) is 10.8. The third-order valence-electron chi connectivity index (χ3n) is 2.79. The zero-order chi connectivity index (χ0) is 13.7. The van der Waals surface area contributed by atoms with Crippen molar-refractivity contribution in [3.05, 3.63) is 35.3 Å². The number of rotatable bonds is 0. The number of alkyl halides is 3. The molecule has 2 heterocycles. The van der Waals surface area contributed by atoms with Crippen LogP contribution in [-0.2, 0) is 11.6 Å². The maximum atomic E-state index is 12.7. The van der Waals surface area contributed by atoms with Gasteiger partial charge in [-0.2, -0.15) is 13.2 Å². The van der Waals surface area contributed by atoms with Crippen molar-refractivity contribution >= 4 is 5.65 Å². The Morgan fingerprint density at radius 3 is 2.22 bits per heavy atom. The second-order valence-corrected chi connectivity index (χ2v) is 5.54. The minimum Gasteiger partial charge on any atom is -0.306 e. The van der Waals surface area contributed by atoms with Gasteiger partial charge in [-0.15, -0.1) is 0 Å². The summed E-state index contributed by atoms with van der Waals surface area (Å²) in [5, 5.41) is 0. The Balaban J connectivity index is 2.76. The molecule has 18 heavy (non-hydrogen) atoms. The molecule has 0 aliphatic heterocycles. The standard InChI is InChI=1S/C13H15F3N2/c1-8-5-9(12(2,3)4)11-17-10(13(14,15)16)7-18(11)6-8/h5-7H,1-4H3. The molecule has 0 aromatic carbocycles. The highest BCUT2D eigenvalue weighted by atomic mass is 19.4. The second-order valence-electron chi connectivity index (χ2n) is 5.54. The number of aromatic nitrogens is 2. The average Bonchev–Trinajstić information content (AvgIpc) is 2.57. The monoisotopic (exact) mass is 256 g/mol. The molecule has 0 N–H and O–H groups in total. The Labute approximate surface area is 103 Å². The molecule has 0 aliphatic rings. The minimum absolute atomic E-state index is 0.249. The van der Waals surface area contributed by atoms with Gasteiger partial charge in [-0.3, -0.25) is 0 Å². The first-order chi connectivity index (χ1) is 8.09. The molecule has 2 rings (SSSR count). The maximum absolute atomic E-state index is 12.7. The molecule has 0 amide bonds.